The molecule has 4 heterocycles. The van der Waals surface area contributed by atoms with Gasteiger partial charge in [0.2, 0.25) is 6.79 Å². The molecule has 1 N–H and O–H groups in total. The summed E-state index contributed by atoms with van der Waals surface area (Å²) in [6.07, 6.45) is 1.79. The van der Waals surface area contributed by atoms with E-state index in [1.54, 1.807) is 29.8 Å². The Balaban J connectivity index is 1.28. The van der Waals surface area contributed by atoms with Crippen molar-refractivity contribution in [2.45, 2.75) is 0 Å². The average molecular weight is 410 g/mol. The van der Waals surface area contributed by atoms with Crippen molar-refractivity contribution in [3.63, 3.8) is 0 Å². The van der Waals surface area contributed by atoms with Crippen LogP contribution in [0, 0.1) is 0 Å². The van der Waals surface area contributed by atoms with Crippen LogP contribution in [0.15, 0.2) is 41.9 Å². The minimum atomic E-state index is -0.274. The number of anilines is 2. The van der Waals surface area contributed by atoms with Crippen molar-refractivity contribution in [3.05, 3.63) is 47.6 Å². The third-order valence-electron chi connectivity index (χ3n) is 4.70. The number of carbonyl (C=O) groups is 1. The molecule has 1 aromatic carbocycles. The van der Waals surface area contributed by atoms with Gasteiger partial charge in [0.25, 0.3) is 5.91 Å². The molecule has 0 atom stereocenters. The average Bonchev–Trinajstić information content (AvgIpc) is 3.44. The van der Waals surface area contributed by atoms with Crippen molar-refractivity contribution in [3.8, 4) is 22.1 Å². The second kappa shape index (κ2) is 7.69. The number of thiazole rings is 1. The summed E-state index contributed by atoms with van der Waals surface area (Å²) in [4.78, 5) is 23.8. The van der Waals surface area contributed by atoms with Gasteiger partial charge in [-0.3, -0.25) is 4.79 Å². The Morgan fingerprint density at radius 1 is 1.10 bits per heavy atom. The van der Waals surface area contributed by atoms with E-state index in [2.05, 4.69) is 20.2 Å². The summed E-state index contributed by atoms with van der Waals surface area (Å²) in [5.74, 6) is 1.94. The van der Waals surface area contributed by atoms with E-state index in [0.717, 1.165) is 42.7 Å². The SMILES string of the molecule is O=C(Nc1ccc2c(c1)OCO2)c1csc(-c2ccc(N3CCOCC3)nc2)n1. The first-order valence-corrected chi connectivity index (χ1v) is 10.1. The molecular weight excluding hydrogens is 392 g/mol. The van der Waals surface area contributed by atoms with Crippen LogP contribution in [0.5, 0.6) is 11.5 Å². The minimum Gasteiger partial charge on any atom is -0.454 e. The number of nitrogens with one attached hydrogen (secondary N) is 1. The number of hydrogen-bond acceptors (Lipinski definition) is 8. The lowest BCUT2D eigenvalue weighted by Crippen LogP contribution is -2.36. The fraction of sp³-hybridized carbons (Fsp3) is 0.250. The molecule has 1 fully saturated rings. The van der Waals surface area contributed by atoms with E-state index in [1.807, 2.05) is 12.1 Å². The molecule has 1 amide bonds. The number of rotatable bonds is 4. The van der Waals surface area contributed by atoms with Gasteiger partial charge in [-0.1, -0.05) is 0 Å². The normalized spacial score (nSPS) is 15.4. The molecule has 2 aliphatic heterocycles. The zero-order valence-corrected chi connectivity index (χ0v) is 16.3. The number of morpholine rings is 1. The molecule has 2 aliphatic rings. The molecule has 0 radical (unpaired) electrons. The third kappa shape index (κ3) is 3.74. The number of aromatic nitrogens is 2. The molecule has 2 aromatic heterocycles. The summed E-state index contributed by atoms with van der Waals surface area (Å²) >= 11 is 1.41. The van der Waals surface area contributed by atoms with E-state index < -0.39 is 0 Å². The van der Waals surface area contributed by atoms with Crippen LogP contribution in [-0.4, -0.2) is 49.0 Å². The molecule has 0 saturated carbocycles. The van der Waals surface area contributed by atoms with Crippen LogP contribution in [0.3, 0.4) is 0 Å². The fourth-order valence-corrected chi connectivity index (χ4v) is 3.96. The Bertz CT molecular complexity index is 1030. The highest BCUT2D eigenvalue weighted by Crippen LogP contribution is 2.34. The van der Waals surface area contributed by atoms with Crippen molar-refractivity contribution in [2.24, 2.45) is 0 Å². The van der Waals surface area contributed by atoms with E-state index in [4.69, 9.17) is 14.2 Å². The van der Waals surface area contributed by atoms with Gasteiger partial charge in [0, 0.05) is 42.0 Å². The van der Waals surface area contributed by atoms with E-state index in [9.17, 15) is 4.79 Å². The fourth-order valence-electron chi connectivity index (χ4n) is 3.17. The number of ether oxygens (including phenoxy) is 3. The third-order valence-corrected chi connectivity index (χ3v) is 5.59. The number of fused-ring (bicyclic) bond motifs is 1. The summed E-state index contributed by atoms with van der Waals surface area (Å²) in [5, 5.41) is 5.34. The van der Waals surface area contributed by atoms with Crippen LogP contribution in [0.4, 0.5) is 11.5 Å². The van der Waals surface area contributed by atoms with Crippen molar-refractivity contribution in [1.82, 2.24) is 9.97 Å². The molecule has 0 bridgehead atoms. The molecule has 0 aliphatic carbocycles. The second-order valence-electron chi connectivity index (χ2n) is 6.56. The smallest absolute Gasteiger partial charge is 0.275 e. The highest BCUT2D eigenvalue weighted by molar-refractivity contribution is 7.13. The van der Waals surface area contributed by atoms with Gasteiger partial charge in [-0.15, -0.1) is 11.3 Å². The van der Waals surface area contributed by atoms with Gasteiger partial charge in [-0.25, -0.2) is 9.97 Å². The Labute approximate surface area is 171 Å². The predicted molar refractivity (Wildman–Crippen MR) is 109 cm³/mol. The lowest BCUT2D eigenvalue weighted by atomic mass is 10.2. The van der Waals surface area contributed by atoms with E-state index in [-0.39, 0.29) is 12.7 Å². The van der Waals surface area contributed by atoms with Gasteiger partial charge in [0.05, 0.1) is 13.2 Å². The summed E-state index contributed by atoms with van der Waals surface area (Å²) < 4.78 is 16.0. The predicted octanol–water partition coefficient (Wildman–Crippen LogP) is 3.02. The highest BCUT2D eigenvalue weighted by atomic mass is 32.1. The van der Waals surface area contributed by atoms with E-state index in [0.29, 0.717) is 22.9 Å². The van der Waals surface area contributed by atoms with Crippen LogP contribution < -0.4 is 19.7 Å². The molecule has 8 nitrogen and oxygen atoms in total. The lowest BCUT2D eigenvalue weighted by molar-refractivity contribution is 0.102. The van der Waals surface area contributed by atoms with Crippen molar-refractivity contribution in [1.29, 1.82) is 0 Å². The standard InChI is InChI=1S/C20H18N4O4S/c25-19(22-14-2-3-16-17(9-14)28-12-27-16)15-11-29-20(23-15)13-1-4-18(21-10-13)24-5-7-26-8-6-24/h1-4,9-11H,5-8,12H2,(H,22,25). The number of carbonyl (C=O) groups excluding carboxylic acids is 1. The lowest BCUT2D eigenvalue weighted by Gasteiger charge is -2.27. The molecular formula is C20H18N4O4S. The minimum absolute atomic E-state index is 0.195. The van der Waals surface area contributed by atoms with Gasteiger partial charge in [0.1, 0.15) is 16.5 Å². The zero-order valence-electron chi connectivity index (χ0n) is 15.5. The summed E-state index contributed by atoms with van der Waals surface area (Å²) in [6.45, 7) is 3.32. The highest BCUT2D eigenvalue weighted by Gasteiger charge is 2.17. The van der Waals surface area contributed by atoms with Gasteiger partial charge in [-0.2, -0.15) is 0 Å². The number of pyridine rings is 1. The largest absolute Gasteiger partial charge is 0.454 e. The Hall–Kier alpha value is -3.17. The molecule has 148 valence electrons. The maximum Gasteiger partial charge on any atom is 0.275 e. The van der Waals surface area contributed by atoms with Crippen LogP contribution in [0.2, 0.25) is 0 Å². The number of amides is 1. The second-order valence-corrected chi connectivity index (χ2v) is 7.42. The maximum absolute atomic E-state index is 12.5. The molecule has 3 aromatic rings. The number of nitrogens with zero attached hydrogens (tertiary/aromatic N) is 3. The monoisotopic (exact) mass is 410 g/mol. The Morgan fingerprint density at radius 2 is 1.97 bits per heavy atom. The first-order valence-electron chi connectivity index (χ1n) is 9.22. The molecule has 0 unspecified atom stereocenters. The summed E-state index contributed by atoms with van der Waals surface area (Å²) in [7, 11) is 0. The molecule has 0 spiro atoms. The summed E-state index contributed by atoms with van der Waals surface area (Å²) in [6, 6.07) is 9.24. The summed E-state index contributed by atoms with van der Waals surface area (Å²) in [5.41, 5.74) is 1.87. The van der Waals surface area contributed by atoms with Gasteiger partial charge >= 0.3 is 0 Å². The first kappa shape index (κ1) is 17.9. The molecule has 29 heavy (non-hydrogen) atoms. The topological polar surface area (TPSA) is 85.8 Å². The van der Waals surface area contributed by atoms with Crippen molar-refractivity contribution in [2.75, 3.05) is 43.3 Å². The number of hydrogen-bond donors (Lipinski definition) is 1. The molecule has 9 heteroatoms. The quantitative estimate of drug-likeness (QED) is 0.708. The molecule has 1 saturated heterocycles. The first-order chi connectivity index (χ1) is 14.3. The van der Waals surface area contributed by atoms with Crippen LogP contribution in [0.25, 0.3) is 10.6 Å². The number of benzene rings is 1. The Kier molecular flexibility index (Phi) is 4.74. The van der Waals surface area contributed by atoms with Gasteiger partial charge < -0.3 is 24.4 Å². The molecule has 5 rings (SSSR count). The van der Waals surface area contributed by atoms with Gasteiger partial charge in [0.15, 0.2) is 11.5 Å². The van der Waals surface area contributed by atoms with Gasteiger partial charge in [-0.05, 0) is 24.3 Å². The van der Waals surface area contributed by atoms with Crippen LogP contribution >= 0.6 is 11.3 Å². The van der Waals surface area contributed by atoms with E-state index >= 15 is 0 Å². The Morgan fingerprint density at radius 3 is 2.79 bits per heavy atom. The van der Waals surface area contributed by atoms with E-state index in [1.165, 1.54) is 11.3 Å². The van der Waals surface area contributed by atoms with Crippen LogP contribution in [-0.2, 0) is 4.74 Å². The van der Waals surface area contributed by atoms with Crippen molar-refractivity contribution >= 4 is 28.7 Å². The van der Waals surface area contributed by atoms with Crippen molar-refractivity contribution < 1.29 is 19.0 Å². The van der Waals surface area contributed by atoms with Crippen LogP contribution in [0.1, 0.15) is 10.5 Å². The zero-order chi connectivity index (χ0) is 19.6. The maximum atomic E-state index is 12.5.